The molecule has 1 fully saturated rings. The maximum Gasteiger partial charge on any atom is 0.123 e. The quantitative estimate of drug-likeness (QED) is 0.794. The van der Waals surface area contributed by atoms with Crippen molar-refractivity contribution in [3.8, 4) is 5.75 Å². The van der Waals surface area contributed by atoms with E-state index in [0.717, 1.165) is 11.7 Å². The van der Waals surface area contributed by atoms with Crippen molar-refractivity contribution in [3.05, 3.63) is 29.3 Å². The van der Waals surface area contributed by atoms with Crippen molar-refractivity contribution in [1.82, 2.24) is 5.32 Å². The van der Waals surface area contributed by atoms with Crippen molar-refractivity contribution in [2.24, 2.45) is 5.92 Å². The maximum absolute atomic E-state index is 5.54. The van der Waals surface area contributed by atoms with Gasteiger partial charge in [0.25, 0.3) is 0 Å². The molecule has 2 unspecified atom stereocenters. The molecular formula is C19H31NO. The van der Waals surface area contributed by atoms with Gasteiger partial charge in [0.05, 0.1) is 7.11 Å². The summed E-state index contributed by atoms with van der Waals surface area (Å²) in [7, 11) is 1.76. The smallest absolute Gasteiger partial charge is 0.123 e. The van der Waals surface area contributed by atoms with Crippen LogP contribution < -0.4 is 10.1 Å². The number of hydrogen-bond acceptors (Lipinski definition) is 2. The molecule has 0 heterocycles. The zero-order valence-electron chi connectivity index (χ0n) is 14.1. The third-order valence-corrected chi connectivity index (χ3v) is 4.97. The van der Waals surface area contributed by atoms with Gasteiger partial charge in [-0.15, -0.1) is 0 Å². The maximum atomic E-state index is 5.54. The number of ether oxygens (including phenoxy) is 1. The molecule has 1 aromatic carbocycles. The van der Waals surface area contributed by atoms with Crippen molar-refractivity contribution in [2.45, 2.75) is 71.4 Å². The largest absolute Gasteiger partial charge is 0.496 e. The molecule has 0 radical (unpaired) electrons. The highest BCUT2D eigenvalue weighted by atomic mass is 16.5. The molecule has 0 spiro atoms. The summed E-state index contributed by atoms with van der Waals surface area (Å²) < 4.78 is 5.54. The molecule has 0 saturated heterocycles. The van der Waals surface area contributed by atoms with Crippen molar-refractivity contribution in [1.29, 1.82) is 0 Å². The summed E-state index contributed by atoms with van der Waals surface area (Å²) in [5.41, 5.74) is 2.58. The molecule has 1 aliphatic carbocycles. The SMILES string of the molecule is CCC(NC(C)c1cc(C)ccc1OC)C1CCCCC1. The van der Waals surface area contributed by atoms with Crippen molar-refractivity contribution in [3.63, 3.8) is 0 Å². The van der Waals surface area contributed by atoms with Crippen molar-refractivity contribution >= 4 is 0 Å². The van der Waals surface area contributed by atoms with E-state index in [1.807, 2.05) is 0 Å². The molecule has 1 aromatic rings. The van der Waals surface area contributed by atoms with Gasteiger partial charge in [0.15, 0.2) is 0 Å². The Morgan fingerprint density at radius 1 is 1.24 bits per heavy atom. The fourth-order valence-corrected chi connectivity index (χ4v) is 3.73. The van der Waals surface area contributed by atoms with E-state index in [1.54, 1.807) is 7.11 Å². The first-order valence-electron chi connectivity index (χ1n) is 8.56. The lowest BCUT2D eigenvalue weighted by molar-refractivity contribution is 0.248. The average Bonchev–Trinajstić information content (AvgIpc) is 2.53. The highest BCUT2D eigenvalue weighted by molar-refractivity contribution is 5.38. The summed E-state index contributed by atoms with van der Waals surface area (Å²) in [6.45, 7) is 6.73. The lowest BCUT2D eigenvalue weighted by atomic mass is 9.82. The Hall–Kier alpha value is -1.02. The highest BCUT2D eigenvalue weighted by Gasteiger charge is 2.24. The zero-order valence-corrected chi connectivity index (χ0v) is 14.1. The summed E-state index contributed by atoms with van der Waals surface area (Å²) in [4.78, 5) is 0. The van der Waals surface area contributed by atoms with E-state index in [1.165, 1.54) is 49.7 Å². The van der Waals surface area contributed by atoms with E-state index in [0.29, 0.717) is 12.1 Å². The second-order valence-corrected chi connectivity index (χ2v) is 6.55. The Bertz CT molecular complexity index is 437. The second-order valence-electron chi connectivity index (χ2n) is 6.55. The average molecular weight is 289 g/mol. The Balaban J connectivity index is 2.08. The molecule has 2 nitrogen and oxygen atoms in total. The van der Waals surface area contributed by atoms with Crippen LogP contribution in [0.1, 0.15) is 69.5 Å². The van der Waals surface area contributed by atoms with E-state index < -0.39 is 0 Å². The first-order chi connectivity index (χ1) is 10.2. The molecule has 21 heavy (non-hydrogen) atoms. The first-order valence-corrected chi connectivity index (χ1v) is 8.56. The van der Waals surface area contributed by atoms with Gasteiger partial charge in [-0.2, -0.15) is 0 Å². The van der Waals surface area contributed by atoms with Gasteiger partial charge < -0.3 is 10.1 Å². The van der Waals surface area contributed by atoms with Gasteiger partial charge in [0.1, 0.15) is 5.75 Å². The lowest BCUT2D eigenvalue weighted by Gasteiger charge is -2.33. The monoisotopic (exact) mass is 289 g/mol. The molecule has 2 atom stereocenters. The number of rotatable bonds is 6. The van der Waals surface area contributed by atoms with Crippen molar-refractivity contribution in [2.75, 3.05) is 7.11 Å². The number of aryl methyl sites for hydroxylation is 1. The second kappa shape index (κ2) is 7.84. The molecule has 2 rings (SSSR count). The molecule has 1 N–H and O–H groups in total. The van der Waals surface area contributed by atoms with Gasteiger partial charge in [-0.1, -0.05) is 43.9 Å². The molecule has 0 aliphatic heterocycles. The molecule has 0 amide bonds. The van der Waals surface area contributed by atoms with Gasteiger partial charge in [0.2, 0.25) is 0 Å². The molecule has 1 aliphatic rings. The fourth-order valence-electron chi connectivity index (χ4n) is 3.73. The topological polar surface area (TPSA) is 21.3 Å². The minimum Gasteiger partial charge on any atom is -0.496 e. The van der Waals surface area contributed by atoms with Gasteiger partial charge in [-0.05, 0) is 45.1 Å². The van der Waals surface area contributed by atoms with E-state index in [-0.39, 0.29) is 0 Å². The Kier molecular flexibility index (Phi) is 6.10. The number of methoxy groups -OCH3 is 1. The van der Waals surface area contributed by atoms with Gasteiger partial charge in [0, 0.05) is 17.6 Å². The van der Waals surface area contributed by atoms with Crippen LogP contribution in [0.3, 0.4) is 0 Å². The number of nitrogens with one attached hydrogen (secondary N) is 1. The van der Waals surface area contributed by atoms with Gasteiger partial charge >= 0.3 is 0 Å². The predicted molar refractivity (Wildman–Crippen MR) is 89.9 cm³/mol. The van der Waals surface area contributed by atoms with Crippen LogP contribution >= 0.6 is 0 Å². The van der Waals surface area contributed by atoms with Crippen LogP contribution in [0.2, 0.25) is 0 Å². The zero-order chi connectivity index (χ0) is 15.2. The summed E-state index contributed by atoms with van der Waals surface area (Å²) in [5.74, 6) is 1.85. The van der Waals surface area contributed by atoms with Crippen LogP contribution in [0.15, 0.2) is 18.2 Å². The van der Waals surface area contributed by atoms with E-state index in [9.17, 15) is 0 Å². The molecule has 0 bridgehead atoms. The van der Waals surface area contributed by atoms with Gasteiger partial charge in [-0.3, -0.25) is 0 Å². The first kappa shape index (κ1) is 16.4. The molecule has 1 saturated carbocycles. The fraction of sp³-hybridized carbons (Fsp3) is 0.684. The van der Waals surface area contributed by atoms with Crippen LogP contribution in [-0.4, -0.2) is 13.2 Å². The normalized spacial score (nSPS) is 19.2. The van der Waals surface area contributed by atoms with E-state index >= 15 is 0 Å². The molecular weight excluding hydrogens is 258 g/mol. The van der Waals surface area contributed by atoms with E-state index in [2.05, 4.69) is 44.3 Å². The van der Waals surface area contributed by atoms with Crippen LogP contribution in [0.4, 0.5) is 0 Å². The van der Waals surface area contributed by atoms with Crippen LogP contribution in [0.5, 0.6) is 5.75 Å². The standard InChI is InChI=1S/C19H31NO/c1-5-18(16-9-7-6-8-10-16)20-15(3)17-13-14(2)11-12-19(17)21-4/h11-13,15-16,18,20H,5-10H2,1-4H3. The molecule has 2 heteroatoms. The van der Waals surface area contributed by atoms with Gasteiger partial charge in [-0.25, -0.2) is 0 Å². The minimum absolute atomic E-state index is 0.340. The number of hydrogen-bond donors (Lipinski definition) is 1. The summed E-state index contributed by atoms with van der Waals surface area (Å²) >= 11 is 0. The third-order valence-electron chi connectivity index (χ3n) is 4.97. The van der Waals surface area contributed by atoms with Crippen LogP contribution in [0, 0.1) is 12.8 Å². The van der Waals surface area contributed by atoms with Crippen LogP contribution in [-0.2, 0) is 0 Å². The predicted octanol–water partition coefficient (Wildman–Crippen LogP) is 5.01. The Morgan fingerprint density at radius 2 is 1.95 bits per heavy atom. The Morgan fingerprint density at radius 3 is 2.57 bits per heavy atom. The van der Waals surface area contributed by atoms with Crippen molar-refractivity contribution < 1.29 is 4.74 Å². The summed E-state index contributed by atoms with van der Waals surface area (Å²) in [6, 6.07) is 7.43. The van der Waals surface area contributed by atoms with E-state index in [4.69, 9.17) is 4.74 Å². The minimum atomic E-state index is 0.340. The third kappa shape index (κ3) is 4.23. The molecule has 0 aromatic heterocycles. The highest BCUT2D eigenvalue weighted by Crippen LogP contribution is 2.31. The summed E-state index contributed by atoms with van der Waals surface area (Å²) in [6.07, 6.45) is 8.24. The number of benzene rings is 1. The van der Waals surface area contributed by atoms with Crippen LogP contribution in [0.25, 0.3) is 0 Å². The Labute approximate surface area is 130 Å². The summed E-state index contributed by atoms with van der Waals surface area (Å²) in [5, 5.41) is 3.87. The lowest BCUT2D eigenvalue weighted by Crippen LogP contribution is -2.38. The molecule has 118 valence electrons.